The van der Waals surface area contributed by atoms with Gasteiger partial charge in [-0.3, -0.25) is 0 Å². The third kappa shape index (κ3) is 1.23. The number of hydrogen-bond acceptors (Lipinski definition) is 2. The van der Waals surface area contributed by atoms with Crippen LogP contribution in [0.5, 0.6) is 0 Å². The first kappa shape index (κ1) is 7.10. The second kappa shape index (κ2) is 2.81. The summed E-state index contributed by atoms with van der Waals surface area (Å²) in [5.41, 5.74) is 0.352. The van der Waals surface area contributed by atoms with Crippen LogP contribution in [0.1, 0.15) is 6.42 Å². The van der Waals surface area contributed by atoms with Gasteiger partial charge in [0.1, 0.15) is 5.42 Å². The molecule has 1 heterocycles. The number of rotatable bonds is 0. The Bertz CT molecular complexity index is 477. The molecule has 0 spiro atoms. The van der Waals surface area contributed by atoms with Crippen LogP contribution in [0, 0.1) is 0 Å². The lowest BCUT2D eigenvalue weighted by atomic mass is 10.3. The van der Waals surface area contributed by atoms with Crippen LogP contribution < -0.4 is 16.3 Å². The Kier molecular flexibility index (Phi) is 1.67. The van der Waals surface area contributed by atoms with Gasteiger partial charge < -0.3 is 4.42 Å². The molecule has 1 aromatic heterocycles. The van der Waals surface area contributed by atoms with E-state index in [4.69, 9.17) is 4.42 Å². The minimum Gasteiger partial charge on any atom is -0.423 e. The van der Waals surface area contributed by atoms with E-state index in [1.165, 1.54) is 6.07 Å². The lowest BCUT2D eigenvalue weighted by Gasteiger charge is -1.85. The second-order valence-corrected chi connectivity index (χ2v) is 2.61. The van der Waals surface area contributed by atoms with Gasteiger partial charge in [0.05, 0.1) is 0 Å². The van der Waals surface area contributed by atoms with Crippen molar-refractivity contribution in [1.29, 1.82) is 0 Å². The minimum absolute atomic E-state index is 0.297. The van der Waals surface area contributed by atoms with Crippen LogP contribution >= 0.6 is 0 Å². The first-order valence-electron chi connectivity index (χ1n) is 3.83. The molecule has 0 saturated heterocycles. The van der Waals surface area contributed by atoms with E-state index in [9.17, 15) is 4.79 Å². The molecule has 0 amide bonds. The van der Waals surface area contributed by atoms with Crippen molar-refractivity contribution in [2.45, 2.75) is 6.42 Å². The van der Waals surface area contributed by atoms with Gasteiger partial charge in [-0.05, 0) is 18.6 Å². The van der Waals surface area contributed by atoms with Gasteiger partial charge in [0, 0.05) is 11.3 Å². The molecule has 0 atom stereocenters. The Morgan fingerprint density at radius 3 is 3.17 bits per heavy atom. The van der Waals surface area contributed by atoms with Crippen molar-refractivity contribution in [3.05, 3.63) is 45.3 Å². The summed E-state index contributed by atoms with van der Waals surface area (Å²) in [6.45, 7) is 0. The normalized spacial score (nSPS) is 14.0. The van der Waals surface area contributed by atoms with Gasteiger partial charge in [-0.15, -0.1) is 0 Å². The van der Waals surface area contributed by atoms with Crippen molar-refractivity contribution in [1.82, 2.24) is 0 Å². The van der Waals surface area contributed by atoms with Crippen molar-refractivity contribution in [2.24, 2.45) is 0 Å². The summed E-state index contributed by atoms with van der Waals surface area (Å²) in [5, 5.41) is 0.986. The Balaban J connectivity index is 2.88. The van der Waals surface area contributed by atoms with Gasteiger partial charge in [0.25, 0.3) is 0 Å². The molecule has 1 aromatic rings. The van der Waals surface area contributed by atoms with E-state index in [0.717, 1.165) is 11.6 Å². The van der Waals surface area contributed by atoms with E-state index >= 15 is 0 Å². The Morgan fingerprint density at radius 1 is 1.33 bits per heavy atom. The first-order chi connectivity index (χ1) is 5.86. The third-order valence-corrected chi connectivity index (χ3v) is 1.75. The van der Waals surface area contributed by atoms with E-state index in [1.807, 2.05) is 18.2 Å². The van der Waals surface area contributed by atoms with Gasteiger partial charge >= 0.3 is 5.63 Å². The molecule has 12 heavy (non-hydrogen) atoms. The molecule has 2 rings (SSSR count). The highest BCUT2D eigenvalue weighted by molar-refractivity contribution is 5.40. The maximum atomic E-state index is 10.8. The van der Waals surface area contributed by atoms with E-state index in [1.54, 1.807) is 12.1 Å². The van der Waals surface area contributed by atoms with E-state index in [0.29, 0.717) is 5.42 Å². The number of allylic oxidation sites excluding steroid dienone is 2. The van der Waals surface area contributed by atoms with Crippen molar-refractivity contribution in [3.63, 3.8) is 0 Å². The molecule has 0 unspecified atom stereocenters. The van der Waals surface area contributed by atoms with Crippen molar-refractivity contribution < 1.29 is 4.42 Å². The van der Waals surface area contributed by atoms with Crippen LogP contribution in [0.15, 0.2) is 33.5 Å². The fourth-order valence-corrected chi connectivity index (χ4v) is 1.17. The highest BCUT2D eigenvalue weighted by Gasteiger charge is 1.90. The zero-order valence-corrected chi connectivity index (χ0v) is 6.49. The molecular weight excluding hydrogens is 152 g/mol. The van der Waals surface area contributed by atoms with Crippen LogP contribution in [0.25, 0.3) is 12.2 Å². The fourth-order valence-electron chi connectivity index (χ4n) is 1.17. The summed E-state index contributed by atoms with van der Waals surface area (Å²) in [5.74, 6) is 0. The second-order valence-electron chi connectivity index (χ2n) is 2.61. The lowest BCUT2D eigenvalue weighted by Crippen LogP contribution is -2.27. The quantitative estimate of drug-likeness (QED) is 0.541. The monoisotopic (exact) mass is 160 g/mol. The highest BCUT2D eigenvalue weighted by Crippen LogP contribution is 1.86. The molecule has 60 valence electrons. The zero-order chi connectivity index (χ0) is 8.39. The Morgan fingerprint density at radius 2 is 2.25 bits per heavy atom. The summed E-state index contributed by atoms with van der Waals surface area (Å²) in [4.78, 5) is 10.8. The summed E-state index contributed by atoms with van der Waals surface area (Å²) >= 11 is 0. The maximum absolute atomic E-state index is 10.8. The smallest absolute Gasteiger partial charge is 0.336 e. The van der Waals surface area contributed by atoms with Gasteiger partial charge in [0.15, 0.2) is 0 Å². The van der Waals surface area contributed by atoms with Gasteiger partial charge in [-0.1, -0.05) is 18.2 Å². The lowest BCUT2D eigenvalue weighted by molar-refractivity contribution is 0.474. The van der Waals surface area contributed by atoms with Crippen LogP contribution in [0.4, 0.5) is 0 Å². The molecule has 0 bridgehead atoms. The van der Waals surface area contributed by atoms with Gasteiger partial charge in [-0.25, -0.2) is 4.79 Å². The highest BCUT2D eigenvalue weighted by atomic mass is 16.4. The molecule has 1 aliphatic carbocycles. The summed E-state index contributed by atoms with van der Waals surface area (Å²) < 4.78 is 4.99. The number of fused-ring (bicyclic) bond motifs is 1. The summed E-state index contributed by atoms with van der Waals surface area (Å²) in [7, 11) is 0. The van der Waals surface area contributed by atoms with Crippen LogP contribution in [0.3, 0.4) is 0 Å². The summed E-state index contributed by atoms with van der Waals surface area (Å²) in [6, 6.07) is 3.22. The SMILES string of the molecule is O=c1ccc2c(o1)=CC=CCC=2. The average Bonchev–Trinajstić information content (AvgIpc) is 2.28. The Hall–Kier alpha value is -1.57. The van der Waals surface area contributed by atoms with Crippen LogP contribution in [-0.4, -0.2) is 0 Å². The standard InChI is InChI=1S/C10H8O2/c11-10-7-6-8-4-2-1-3-5-9(8)12-10/h1,3-7H,2H2. The zero-order valence-electron chi connectivity index (χ0n) is 6.49. The van der Waals surface area contributed by atoms with E-state index in [2.05, 4.69) is 0 Å². The predicted octanol–water partition coefficient (Wildman–Crippen LogP) is 0.161. The van der Waals surface area contributed by atoms with Crippen molar-refractivity contribution in [2.75, 3.05) is 0 Å². The molecule has 2 nitrogen and oxygen atoms in total. The van der Waals surface area contributed by atoms with Gasteiger partial charge in [0.2, 0.25) is 0 Å². The first-order valence-corrected chi connectivity index (χ1v) is 3.83. The number of hydrogen-bond donors (Lipinski definition) is 0. The Labute approximate surface area is 69.1 Å². The topological polar surface area (TPSA) is 30.2 Å². The van der Waals surface area contributed by atoms with Crippen LogP contribution in [0.2, 0.25) is 0 Å². The molecule has 0 radical (unpaired) electrons. The third-order valence-electron chi connectivity index (χ3n) is 1.75. The van der Waals surface area contributed by atoms with Crippen LogP contribution in [-0.2, 0) is 0 Å². The molecule has 0 N–H and O–H groups in total. The minimum atomic E-state index is -0.297. The van der Waals surface area contributed by atoms with Gasteiger partial charge in [-0.2, -0.15) is 0 Å². The van der Waals surface area contributed by atoms with Crippen molar-refractivity contribution in [3.8, 4) is 0 Å². The fraction of sp³-hybridized carbons (Fsp3) is 0.100. The largest absolute Gasteiger partial charge is 0.423 e. The molecule has 0 fully saturated rings. The van der Waals surface area contributed by atoms with E-state index < -0.39 is 0 Å². The van der Waals surface area contributed by atoms with E-state index in [-0.39, 0.29) is 5.63 Å². The molecule has 1 aliphatic rings. The molecule has 0 saturated carbocycles. The molecule has 0 aromatic carbocycles. The maximum Gasteiger partial charge on any atom is 0.336 e. The molecule has 2 heteroatoms. The molecular formula is C10H8O2. The predicted molar refractivity (Wildman–Crippen MR) is 46.9 cm³/mol. The molecule has 0 aliphatic heterocycles. The average molecular weight is 160 g/mol. The summed E-state index contributed by atoms with van der Waals surface area (Å²) in [6.07, 6.45) is 8.63. The van der Waals surface area contributed by atoms with Crippen molar-refractivity contribution >= 4 is 12.2 Å².